The van der Waals surface area contributed by atoms with Crippen LogP contribution < -0.4 is 0 Å². The molecule has 196 valence electrons. The first-order valence-electron chi connectivity index (χ1n) is 30.6. The summed E-state index contributed by atoms with van der Waals surface area (Å²) in [6.07, 6.45) is -18.7. The first kappa shape index (κ1) is 6.51. The molecule has 2 aliphatic rings. The molecule has 0 heteroatoms. The molecule has 0 nitrogen and oxygen atoms in total. The SMILES string of the molecule is [2H]c1cc2c(c([2H])c1-c1c([2H])c(-c3c([2H])cc4c(c3[2H])C(C([2H])([2H])[2H])(C([2H])([2H])[2H])C([2H])([2H])C([2H])([2H])C4(C([2H])([2H])[2H])C([2H])([2H])[2H])c([2H])c(C(C)C)c1[2H])C(C([2H])([2H])[2H])(C([2H])([2H])[2H])C([2H])([2H])C([2H])([2H])C2(C([2H])([2H])[2H])C([2H])([2H])[2H]. The number of hydrogen-bond acceptors (Lipinski definition) is 0. The largest absolute Gasteiger partial charge is 0.0636 e. The van der Waals surface area contributed by atoms with E-state index in [0.29, 0.717) is 0 Å². The minimum Gasteiger partial charge on any atom is -0.0587 e. The van der Waals surface area contributed by atoms with Gasteiger partial charge in [0.15, 0.2) is 0 Å². The van der Waals surface area contributed by atoms with Crippen LogP contribution in [0.3, 0.4) is 0 Å². The lowest BCUT2D eigenvalue weighted by Gasteiger charge is -2.42. The molecule has 0 aliphatic heterocycles. The van der Waals surface area contributed by atoms with E-state index in [4.69, 9.17) is 43.9 Å². The Labute approximate surface area is 281 Å². The maximum atomic E-state index is 9.69. The Morgan fingerprint density at radius 3 is 1.30 bits per heavy atom. The predicted molar refractivity (Wildman–Crippen MR) is 162 cm³/mol. The summed E-state index contributed by atoms with van der Waals surface area (Å²) in [6.45, 7) is -32.8. The third-order valence-electron chi connectivity index (χ3n) is 6.04. The van der Waals surface area contributed by atoms with Crippen molar-refractivity contribution in [1.29, 1.82) is 0 Å². The Bertz CT molecular complexity index is 2620. The first-order valence-corrected chi connectivity index (χ1v) is 11.1. The van der Waals surface area contributed by atoms with Gasteiger partial charge in [0.2, 0.25) is 0 Å². The lowest BCUT2D eigenvalue weighted by Crippen LogP contribution is -2.33. The average Bonchev–Trinajstić information content (AvgIpc) is 3.11. The molecule has 3 aromatic rings. The van der Waals surface area contributed by atoms with Crippen molar-refractivity contribution in [2.24, 2.45) is 0 Å². The number of hydrogen-bond donors (Lipinski definition) is 0. The summed E-state index contributed by atoms with van der Waals surface area (Å²) in [5.41, 5.74) is -30.9. The Hall–Kier alpha value is -2.34. The molecule has 3 aromatic carbocycles. The van der Waals surface area contributed by atoms with E-state index in [1.165, 1.54) is 13.8 Å². The van der Waals surface area contributed by atoms with E-state index in [2.05, 4.69) is 0 Å². The summed E-state index contributed by atoms with van der Waals surface area (Å²) in [4.78, 5) is 0. The minimum atomic E-state index is -4.74. The molecule has 0 saturated heterocycles. The standard InChI is InChI=1S/C37H48/c1-24(2)27-19-28(25-11-13-30-32(22-25)36(7,8)17-15-34(30,3)4)21-29(20-27)26-12-14-31-33(23-26)37(9,10)18-16-35(31,5)6/h11-14,19-24H,15-18H2,1-10H3/i3D3,4D3,5D3,6D3,7D3,8D3,9D3,10D3,11D,12D,15D2,16D2,17D2,18D2,19D,20D,21D,22D,23D. The van der Waals surface area contributed by atoms with Crippen molar-refractivity contribution in [2.45, 2.75) is 122 Å². The average molecular weight is 532 g/mol. The van der Waals surface area contributed by atoms with Gasteiger partial charge in [0.25, 0.3) is 0 Å². The number of benzene rings is 3. The van der Waals surface area contributed by atoms with Crippen LogP contribution in [-0.4, -0.2) is 0 Å². The molecule has 2 aliphatic carbocycles. The maximum absolute atomic E-state index is 9.69. The molecule has 0 bridgehead atoms. The fraction of sp³-hybridized carbons (Fsp3) is 0.514. The van der Waals surface area contributed by atoms with E-state index < -0.39 is 200 Å². The highest BCUT2D eigenvalue weighted by Gasteiger charge is 2.38. The molecule has 0 fully saturated rings. The summed E-state index contributed by atoms with van der Waals surface area (Å²) < 4.78 is 345. The van der Waals surface area contributed by atoms with E-state index in [1.807, 2.05) is 0 Å². The number of rotatable bonds is 3. The Balaban J connectivity index is 2.30. The second-order valence-electron chi connectivity index (χ2n) is 9.35. The fourth-order valence-corrected chi connectivity index (χ4v) is 4.00. The highest BCUT2D eigenvalue weighted by molar-refractivity contribution is 5.76. The topological polar surface area (TPSA) is 0 Å². The molecule has 0 aromatic heterocycles. The molecule has 0 heterocycles. The van der Waals surface area contributed by atoms with Crippen LogP contribution in [0.25, 0.3) is 22.3 Å². The van der Waals surface area contributed by atoms with Crippen LogP contribution in [0.4, 0.5) is 0 Å². The lowest BCUT2D eigenvalue weighted by atomic mass is 9.62. The van der Waals surface area contributed by atoms with E-state index in [1.54, 1.807) is 0 Å². The molecule has 0 spiro atoms. The molecule has 0 atom stereocenters. The van der Waals surface area contributed by atoms with Crippen LogP contribution in [0, 0.1) is 0 Å². The van der Waals surface area contributed by atoms with Gasteiger partial charge < -0.3 is 0 Å². The highest BCUT2D eigenvalue weighted by Crippen LogP contribution is 2.48. The van der Waals surface area contributed by atoms with Crippen molar-refractivity contribution >= 4 is 0 Å². The second kappa shape index (κ2) is 8.59. The van der Waals surface area contributed by atoms with Gasteiger partial charge in [-0.15, -0.1) is 0 Å². The van der Waals surface area contributed by atoms with Gasteiger partial charge in [0.05, 0.1) is 9.60 Å². The zero-order valence-electron chi connectivity index (χ0n) is 58.7. The minimum absolute atomic E-state index is 0.105. The Morgan fingerprint density at radius 2 is 0.946 bits per heavy atom. The normalized spacial score (nSPS) is 44.5. The molecule has 0 amide bonds. The Morgan fingerprint density at radius 1 is 0.568 bits per heavy atom. The van der Waals surface area contributed by atoms with Crippen LogP contribution in [0.15, 0.2) is 54.4 Å². The van der Waals surface area contributed by atoms with Gasteiger partial charge >= 0.3 is 0 Å². The summed E-state index contributed by atoms with van der Waals surface area (Å²) in [6, 6.07) is -10.1. The molecular formula is C37H48. The highest BCUT2D eigenvalue weighted by atomic mass is 14.4. The zero-order valence-corrected chi connectivity index (χ0v) is 19.7. The maximum Gasteiger partial charge on any atom is 0.0636 e. The van der Waals surface area contributed by atoms with Gasteiger partial charge in [-0.2, -0.15) is 0 Å². The van der Waals surface area contributed by atoms with Crippen molar-refractivity contribution in [3.8, 4) is 22.3 Å². The summed E-state index contributed by atoms with van der Waals surface area (Å²) in [5, 5.41) is 0. The third-order valence-corrected chi connectivity index (χ3v) is 6.04. The van der Waals surface area contributed by atoms with E-state index >= 15 is 0 Å². The monoisotopic (exact) mass is 532 g/mol. The summed E-state index contributed by atoms with van der Waals surface area (Å²) in [5.74, 6) is -1.24. The molecule has 0 N–H and O–H groups in total. The van der Waals surface area contributed by atoms with Crippen molar-refractivity contribution in [1.82, 2.24) is 0 Å². The van der Waals surface area contributed by atoms with Crippen molar-refractivity contribution < 1.29 is 53.5 Å². The molecule has 0 radical (unpaired) electrons. The Kier molecular flexibility index (Phi) is 1.51. The van der Waals surface area contributed by atoms with Crippen LogP contribution >= 0.6 is 0 Å². The number of fused-ring (bicyclic) bond motifs is 2. The zero-order chi connectivity index (χ0) is 60.2. The smallest absolute Gasteiger partial charge is 0.0587 e. The van der Waals surface area contributed by atoms with Gasteiger partial charge in [0.1, 0.15) is 0 Å². The second-order valence-corrected chi connectivity index (χ2v) is 9.35. The van der Waals surface area contributed by atoms with E-state index in [0.717, 1.165) is 0 Å². The first-order chi connectivity index (χ1) is 33.2. The van der Waals surface area contributed by atoms with Gasteiger partial charge in [-0.25, -0.2) is 0 Å². The van der Waals surface area contributed by atoms with Crippen molar-refractivity contribution in [3.63, 3.8) is 0 Å². The van der Waals surface area contributed by atoms with Crippen molar-refractivity contribution in [2.75, 3.05) is 0 Å². The molecule has 37 heavy (non-hydrogen) atoms. The predicted octanol–water partition coefficient (Wildman–Crippen LogP) is 10.8. The van der Waals surface area contributed by atoms with Crippen LogP contribution in [-0.2, 0) is 21.7 Å². The van der Waals surface area contributed by atoms with Crippen LogP contribution in [0.5, 0.6) is 0 Å². The van der Waals surface area contributed by atoms with Crippen LogP contribution in [0.1, 0.15) is 181 Å². The van der Waals surface area contributed by atoms with Gasteiger partial charge in [-0.1, -0.05) is 117 Å². The molecule has 0 saturated carbocycles. The third kappa shape index (κ3) is 4.60. The van der Waals surface area contributed by atoms with Crippen molar-refractivity contribution in [3.05, 3.63) is 82.2 Å². The molecule has 0 unspecified atom stereocenters. The van der Waals surface area contributed by atoms with E-state index in [-0.39, 0.29) is 12.1 Å². The lowest BCUT2D eigenvalue weighted by molar-refractivity contribution is 0.332. The quantitative estimate of drug-likeness (QED) is 0.315. The molecule has 5 rings (SSSR count). The summed E-state index contributed by atoms with van der Waals surface area (Å²) >= 11 is 0. The fourth-order valence-electron chi connectivity index (χ4n) is 4.00. The molecular weight excluding hydrogens is 444 g/mol. The summed E-state index contributed by atoms with van der Waals surface area (Å²) in [7, 11) is 0. The van der Waals surface area contributed by atoms with Gasteiger partial charge in [0, 0.05) is 43.9 Å². The van der Waals surface area contributed by atoms with Crippen LogP contribution in [0.2, 0.25) is 0 Å². The van der Waals surface area contributed by atoms with Gasteiger partial charge in [-0.05, 0) is 109 Å². The van der Waals surface area contributed by atoms with E-state index in [9.17, 15) is 9.60 Å². The van der Waals surface area contributed by atoms with Gasteiger partial charge in [-0.3, -0.25) is 0 Å².